The molecule has 1 aliphatic heterocycles. The fraction of sp³-hybridized carbons (Fsp3) is 0.188. The molecule has 0 bridgehead atoms. The fourth-order valence-corrected chi connectivity index (χ4v) is 17.8. The minimum atomic E-state index is -1.77. The van der Waals surface area contributed by atoms with E-state index in [1.165, 1.54) is 116 Å². The number of carboxylic acids is 3. The molecule has 15 rings (SSSR count). The van der Waals surface area contributed by atoms with Crippen LogP contribution < -0.4 is 40.8 Å². The van der Waals surface area contributed by atoms with Crippen molar-refractivity contribution in [2.24, 2.45) is 0 Å². The number of thiophene rings is 1. The average molecular weight is 2020 g/mol. The Balaban J connectivity index is 0.000000164. The largest absolute Gasteiger partial charge is 0.497 e. The third-order valence-electron chi connectivity index (χ3n) is 21.7. The lowest BCUT2D eigenvalue weighted by Gasteiger charge is -2.14. The number of rotatable bonds is 26. The van der Waals surface area contributed by atoms with Crippen molar-refractivity contribution in [2.45, 2.75) is 105 Å². The molecule has 0 fully saturated rings. The Bertz CT molecular complexity index is 6660. The number of nitrogens with one attached hydrogen (secondary N) is 5. The van der Waals surface area contributed by atoms with E-state index in [0.717, 1.165) is 58.7 Å². The van der Waals surface area contributed by atoms with E-state index in [1.807, 2.05) is 50.2 Å². The van der Waals surface area contributed by atoms with Gasteiger partial charge in [0.05, 0.1) is 54.6 Å². The first-order valence-electron chi connectivity index (χ1n) is 41.8. The van der Waals surface area contributed by atoms with Crippen LogP contribution in [0.5, 0.6) is 17.2 Å². The number of amides is 5. The van der Waals surface area contributed by atoms with Crippen LogP contribution in [0, 0.1) is 53.5 Å². The number of aromatic carboxylic acids is 1. The molecule has 0 spiro atoms. The molecule has 11 aromatic rings. The first-order valence-corrected chi connectivity index (χ1v) is 45.7. The molecule has 0 unspecified atom stereocenters. The number of carbonyl (C=O) groups excluding carboxylic acids is 7. The standard InChI is InChI=1S/C21H17Cl3FNO3.C21H18ClF2NO3.C20H18ClNO3.C20H15F4NO3S.C19H14FNO4S/c1-11(27)13-4-2-5-14(13)21(28)26-12-8-17(23)20(18(24)9-12)29-10-15-16(22)6-3-7-19(15)25;1-12(26)14-4-2-5-15(14)21(27)25-13-8-9-20(19(24)10-13)28-11-16-17(22)6-3-7-18(16)23;1-12-5-7-13(8-6-12)15-10-9-14(11-18(15)21)22-19(23)16-3-2-4-17(16)20(24)25;1-2-9-4-3-5-10(6-9)13-14(21)16(23)18(17(24)15(13)22)25-19(26)11-7-29-8-12(11)20(27)28;1-25-13-4-2-3-11(9-13)12-5-6-16(15(20)10-12)21-18(22)14-7-8-26-17(14)19(23)24/h3,6-9H,2,4-5,10H2,1H3,(H,26,28);3,6-10H,2,4-5,11H2,1H3,(H,25,27);5-11H,2-4H2,1H3,(H,22,23)(H,24,25);3-6H,2,7-8H2,1H3,(H,25,26)(H,27,28);2-10H,1H3,(H,21,22)(H,23,24). The summed E-state index contributed by atoms with van der Waals surface area (Å²) in [7, 11) is 1.55. The molecule has 2 heterocycles. The Morgan fingerprint density at radius 3 is 1.43 bits per heavy atom. The predicted molar refractivity (Wildman–Crippen MR) is 513 cm³/mol. The lowest BCUT2D eigenvalue weighted by molar-refractivity contribution is -0.133. The van der Waals surface area contributed by atoms with E-state index in [0.29, 0.717) is 113 Å². The Morgan fingerprint density at radius 2 is 0.898 bits per heavy atom. The monoisotopic (exact) mass is 2010 g/mol. The van der Waals surface area contributed by atoms with Crippen molar-refractivity contribution in [1.29, 1.82) is 0 Å². The Labute approximate surface area is 812 Å². The van der Waals surface area contributed by atoms with Gasteiger partial charge in [0.15, 0.2) is 52.2 Å². The van der Waals surface area contributed by atoms with Crippen LogP contribution in [0.25, 0.3) is 33.4 Å². The van der Waals surface area contributed by atoms with Gasteiger partial charge in [0.1, 0.15) is 47.0 Å². The van der Waals surface area contributed by atoms with Gasteiger partial charge in [0.2, 0.25) is 0 Å². The summed E-state index contributed by atoms with van der Waals surface area (Å²) >= 11 is 32.8. The second kappa shape index (κ2) is 47.9. The number of benzene rings is 10. The first kappa shape index (κ1) is 104. The third-order valence-corrected chi connectivity index (χ3v) is 25.2. The van der Waals surface area contributed by atoms with E-state index in [1.54, 1.807) is 61.0 Å². The summed E-state index contributed by atoms with van der Waals surface area (Å²) in [6.07, 6.45) is 5.94. The number of aliphatic carboxylic acids is 2. The highest BCUT2D eigenvalue weighted by atomic mass is 35.5. The van der Waals surface area contributed by atoms with E-state index >= 15 is 0 Å². The Hall–Kier alpha value is -13.4. The molecular formula is C101H82Cl5F8N5O16S2. The number of hydrogen-bond acceptors (Lipinski definition) is 15. The molecule has 5 amide bonds. The molecule has 4 aliphatic rings. The number of aryl methyl sites for hydroxylation is 2. The number of carbonyl (C=O) groups is 10. The van der Waals surface area contributed by atoms with Crippen molar-refractivity contribution in [3.8, 4) is 50.6 Å². The molecule has 1 aromatic heterocycles. The molecule has 3 aliphatic carbocycles. The maximum absolute atomic E-state index is 14.6. The van der Waals surface area contributed by atoms with Gasteiger partial charge in [-0.1, -0.05) is 155 Å². The normalized spacial score (nSPS) is 13.0. The van der Waals surface area contributed by atoms with Gasteiger partial charge in [-0.25, -0.2) is 49.5 Å². The molecule has 8 N–H and O–H groups in total. The fourth-order valence-electron chi connectivity index (χ4n) is 14.7. The summed E-state index contributed by atoms with van der Waals surface area (Å²) in [5, 5.41) is 42.3. The molecule has 710 valence electrons. The van der Waals surface area contributed by atoms with Gasteiger partial charge in [0.25, 0.3) is 29.5 Å². The summed E-state index contributed by atoms with van der Waals surface area (Å²) in [6.45, 7) is 6.33. The topological polar surface area (TPSA) is 319 Å². The minimum absolute atomic E-state index is 0.00114. The van der Waals surface area contributed by atoms with Gasteiger partial charge in [-0.05, 0) is 209 Å². The van der Waals surface area contributed by atoms with Gasteiger partial charge in [-0.15, -0.1) is 11.3 Å². The van der Waals surface area contributed by atoms with Crippen molar-refractivity contribution in [3.05, 3.63) is 336 Å². The lowest BCUT2D eigenvalue weighted by atomic mass is 9.99. The second-order valence-electron chi connectivity index (χ2n) is 30.8. The number of anilines is 5. The average Bonchev–Trinajstić information content (AvgIpc) is 1.70. The number of ketones is 2. The number of thioether (sulfide) groups is 1. The minimum Gasteiger partial charge on any atom is -0.497 e. The summed E-state index contributed by atoms with van der Waals surface area (Å²) in [5.74, 6) is -15.2. The van der Waals surface area contributed by atoms with Crippen LogP contribution in [0.2, 0.25) is 25.1 Å². The predicted octanol–water partition coefficient (Wildman–Crippen LogP) is 25.4. The van der Waals surface area contributed by atoms with Crippen molar-refractivity contribution in [1.82, 2.24) is 0 Å². The number of hydrogen-bond donors (Lipinski definition) is 8. The highest BCUT2D eigenvalue weighted by molar-refractivity contribution is 8.00. The highest BCUT2D eigenvalue weighted by Crippen LogP contribution is 2.42. The van der Waals surface area contributed by atoms with Crippen molar-refractivity contribution >= 4 is 169 Å². The SMILES string of the molecule is CC(=O)C1=C(C(=O)Nc2cc(Cl)c(OCc3c(F)cccc3Cl)c(Cl)c2)CCC1.CC(=O)C1=C(C(=O)Nc2ccc(OCc3c(F)cccc3Cl)c(F)c2)CCC1.CCc1cccc(-c2c(F)c(F)c(NC(=O)C3=C(C(=O)O)CSC3)c(F)c2F)c1.COc1cccc(-c2ccc(NC(=O)c3ccsc3C(=O)O)c(F)c2)c1.Cc1ccc(-c2ccc(NC(=O)C3=C(C(=O)O)CCC3)cc2Cl)cc1. The molecule has 10 aromatic carbocycles. The third kappa shape index (κ3) is 26.5. The van der Waals surface area contributed by atoms with Crippen molar-refractivity contribution < 1.29 is 113 Å². The lowest BCUT2D eigenvalue weighted by Crippen LogP contribution is -2.21. The zero-order valence-corrected chi connectivity index (χ0v) is 78.6. The smallest absolute Gasteiger partial charge is 0.346 e. The van der Waals surface area contributed by atoms with Crippen molar-refractivity contribution in [2.75, 3.05) is 45.2 Å². The number of methoxy groups -OCH3 is 1. The van der Waals surface area contributed by atoms with Crippen LogP contribution >= 0.6 is 81.1 Å². The Kier molecular flexibility index (Phi) is 36.4. The number of ether oxygens (including phenoxy) is 3. The molecule has 0 saturated carbocycles. The number of carboxylic acid groups (broad SMARTS) is 3. The zero-order chi connectivity index (χ0) is 99.3. The maximum atomic E-state index is 14.6. The van der Waals surface area contributed by atoms with E-state index in [2.05, 4.69) is 21.3 Å². The number of allylic oxidation sites excluding steroid dienone is 2. The summed E-state index contributed by atoms with van der Waals surface area (Å²) in [6, 6.07) is 47.7. The zero-order valence-electron chi connectivity index (χ0n) is 73.2. The quantitative estimate of drug-likeness (QED) is 0.0184. The number of Topliss-reactive ketones (excluding diaryl/α,β-unsaturated/α-hetero) is 2. The molecule has 137 heavy (non-hydrogen) atoms. The van der Waals surface area contributed by atoms with Crippen LogP contribution in [-0.4, -0.2) is 92.9 Å². The van der Waals surface area contributed by atoms with Gasteiger partial charge in [-0.3, -0.25) is 33.6 Å². The van der Waals surface area contributed by atoms with E-state index < -0.39 is 93.4 Å². The Morgan fingerprint density at radius 1 is 0.409 bits per heavy atom. The number of halogens is 13. The van der Waals surface area contributed by atoms with Gasteiger partial charge in [-0.2, -0.15) is 11.8 Å². The summed E-state index contributed by atoms with van der Waals surface area (Å²) in [5.41, 5.74) is 6.53. The highest BCUT2D eigenvalue weighted by Gasteiger charge is 2.34. The van der Waals surface area contributed by atoms with E-state index in [9.17, 15) is 83.1 Å². The van der Waals surface area contributed by atoms with E-state index in [-0.39, 0.29) is 135 Å². The molecule has 0 atom stereocenters. The second-order valence-corrected chi connectivity index (χ2v) is 34.7. The molecule has 36 heteroatoms. The van der Waals surface area contributed by atoms with E-state index in [4.69, 9.17) is 87.5 Å². The first-order chi connectivity index (χ1) is 65.3. The molecule has 0 saturated heterocycles. The van der Waals surface area contributed by atoms with Gasteiger partial charge < -0.3 is 56.1 Å². The van der Waals surface area contributed by atoms with Crippen LogP contribution in [0.4, 0.5) is 63.6 Å². The van der Waals surface area contributed by atoms with Gasteiger partial charge >= 0.3 is 17.9 Å². The molecule has 21 nitrogen and oxygen atoms in total. The van der Waals surface area contributed by atoms with Crippen LogP contribution in [0.1, 0.15) is 121 Å². The van der Waals surface area contributed by atoms with Crippen LogP contribution in [-0.2, 0) is 58.0 Å². The molecular weight excluding hydrogens is 1930 g/mol. The molecule has 0 radical (unpaired) electrons. The van der Waals surface area contributed by atoms with Crippen LogP contribution in [0.15, 0.2) is 232 Å². The summed E-state index contributed by atoms with van der Waals surface area (Å²) in [4.78, 5) is 118. The van der Waals surface area contributed by atoms with Crippen molar-refractivity contribution in [3.63, 3.8) is 0 Å². The van der Waals surface area contributed by atoms with Crippen LogP contribution in [0.3, 0.4) is 0 Å². The maximum Gasteiger partial charge on any atom is 0.346 e. The summed E-state index contributed by atoms with van der Waals surface area (Å²) < 4.78 is 131. The van der Waals surface area contributed by atoms with Gasteiger partial charge in [0, 0.05) is 90.3 Å².